The van der Waals surface area contributed by atoms with Gasteiger partial charge in [-0.1, -0.05) is 0 Å². The first-order chi connectivity index (χ1) is 5.55. The second-order valence-electron chi connectivity index (χ2n) is 2.72. The third-order valence-electron chi connectivity index (χ3n) is 1.37. The standard InChI is InChI=1S/C6H8F6O/c1-3(13)2-4(5(7,8)9)6(10,11)12/h3-4,13H,2H2,1H3. The number of hydrogen-bond donors (Lipinski definition) is 1. The van der Waals surface area contributed by atoms with Crippen LogP contribution in [0.2, 0.25) is 0 Å². The van der Waals surface area contributed by atoms with Gasteiger partial charge >= 0.3 is 12.4 Å². The topological polar surface area (TPSA) is 20.2 Å². The normalized spacial score (nSPS) is 16.4. The van der Waals surface area contributed by atoms with Crippen LogP contribution in [0.4, 0.5) is 26.3 Å². The van der Waals surface area contributed by atoms with Crippen molar-refractivity contribution in [2.75, 3.05) is 0 Å². The molecular formula is C6H8F6O. The predicted molar refractivity (Wildman–Crippen MR) is 31.9 cm³/mol. The van der Waals surface area contributed by atoms with Crippen molar-refractivity contribution in [3.63, 3.8) is 0 Å². The molecule has 1 unspecified atom stereocenters. The van der Waals surface area contributed by atoms with Gasteiger partial charge in [0.25, 0.3) is 0 Å². The summed E-state index contributed by atoms with van der Waals surface area (Å²) in [5, 5.41) is 8.45. The zero-order valence-corrected chi connectivity index (χ0v) is 6.58. The number of aliphatic hydroxyl groups excluding tert-OH is 1. The van der Waals surface area contributed by atoms with Gasteiger partial charge < -0.3 is 5.11 Å². The predicted octanol–water partition coefficient (Wildman–Crippen LogP) is 2.50. The average Bonchev–Trinajstić information content (AvgIpc) is 1.77. The summed E-state index contributed by atoms with van der Waals surface area (Å²) in [6.45, 7) is 0.879. The molecule has 7 heteroatoms. The third kappa shape index (κ3) is 4.35. The van der Waals surface area contributed by atoms with Crippen LogP contribution in [-0.4, -0.2) is 23.6 Å². The van der Waals surface area contributed by atoms with Crippen molar-refractivity contribution in [3.05, 3.63) is 0 Å². The van der Waals surface area contributed by atoms with Crippen molar-refractivity contribution < 1.29 is 31.4 Å². The van der Waals surface area contributed by atoms with E-state index in [9.17, 15) is 26.3 Å². The van der Waals surface area contributed by atoms with Gasteiger partial charge in [-0.25, -0.2) is 0 Å². The number of hydrogen-bond acceptors (Lipinski definition) is 1. The lowest BCUT2D eigenvalue weighted by Gasteiger charge is -2.23. The Bertz CT molecular complexity index is 143. The molecule has 0 saturated carbocycles. The molecule has 0 spiro atoms. The first kappa shape index (κ1) is 12.5. The molecule has 1 nitrogen and oxygen atoms in total. The number of aliphatic hydroxyl groups is 1. The fraction of sp³-hybridized carbons (Fsp3) is 1.00. The molecule has 0 saturated heterocycles. The van der Waals surface area contributed by atoms with Gasteiger partial charge in [0.15, 0.2) is 5.92 Å². The molecule has 0 fully saturated rings. The minimum Gasteiger partial charge on any atom is -0.393 e. The van der Waals surface area contributed by atoms with Gasteiger partial charge in [0.05, 0.1) is 6.10 Å². The minimum absolute atomic E-state index is 0.879. The lowest BCUT2D eigenvalue weighted by atomic mass is 10.0. The van der Waals surface area contributed by atoms with E-state index >= 15 is 0 Å². The van der Waals surface area contributed by atoms with Gasteiger partial charge in [-0.3, -0.25) is 0 Å². The molecule has 0 aliphatic carbocycles. The molecule has 0 amide bonds. The highest BCUT2D eigenvalue weighted by molar-refractivity contribution is 4.76. The van der Waals surface area contributed by atoms with Gasteiger partial charge in [0, 0.05) is 0 Å². The van der Waals surface area contributed by atoms with Crippen LogP contribution in [0.5, 0.6) is 0 Å². The highest BCUT2D eigenvalue weighted by atomic mass is 19.4. The zero-order chi connectivity index (χ0) is 10.9. The average molecular weight is 210 g/mol. The van der Waals surface area contributed by atoms with Crippen molar-refractivity contribution in [1.82, 2.24) is 0 Å². The van der Waals surface area contributed by atoms with Crippen molar-refractivity contribution in [2.45, 2.75) is 31.8 Å². The first-order valence-electron chi connectivity index (χ1n) is 3.36. The Hall–Kier alpha value is -0.460. The third-order valence-corrected chi connectivity index (χ3v) is 1.37. The summed E-state index contributed by atoms with van der Waals surface area (Å²) in [5.74, 6) is -3.44. The van der Waals surface area contributed by atoms with Gasteiger partial charge in [-0.15, -0.1) is 0 Å². The Kier molecular flexibility index (Phi) is 3.60. The van der Waals surface area contributed by atoms with Crippen LogP contribution in [0, 0.1) is 5.92 Å². The molecule has 0 heterocycles. The molecule has 0 aliphatic heterocycles. The molecule has 0 aromatic heterocycles. The lowest BCUT2D eigenvalue weighted by molar-refractivity contribution is -0.289. The van der Waals surface area contributed by atoms with E-state index in [1.54, 1.807) is 0 Å². The van der Waals surface area contributed by atoms with Crippen LogP contribution in [0.15, 0.2) is 0 Å². The van der Waals surface area contributed by atoms with Gasteiger partial charge in [-0.05, 0) is 13.3 Å². The maximum atomic E-state index is 11.7. The van der Waals surface area contributed by atoms with Crippen LogP contribution >= 0.6 is 0 Å². The van der Waals surface area contributed by atoms with E-state index in [0.29, 0.717) is 0 Å². The van der Waals surface area contributed by atoms with Gasteiger partial charge in [0.1, 0.15) is 0 Å². The van der Waals surface area contributed by atoms with Crippen LogP contribution in [-0.2, 0) is 0 Å². The zero-order valence-electron chi connectivity index (χ0n) is 6.58. The highest BCUT2D eigenvalue weighted by Gasteiger charge is 2.56. The Morgan fingerprint density at radius 1 is 1.00 bits per heavy atom. The van der Waals surface area contributed by atoms with E-state index in [1.807, 2.05) is 0 Å². The molecule has 0 rings (SSSR count). The van der Waals surface area contributed by atoms with Crippen molar-refractivity contribution in [1.29, 1.82) is 0 Å². The van der Waals surface area contributed by atoms with Gasteiger partial charge in [-0.2, -0.15) is 26.3 Å². The number of alkyl halides is 6. The molecule has 0 bridgehead atoms. The monoisotopic (exact) mass is 210 g/mol. The number of halogens is 6. The minimum atomic E-state index is -5.35. The summed E-state index contributed by atoms with van der Waals surface area (Å²) in [5.41, 5.74) is 0. The van der Waals surface area contributed by atoms with E-state index in [2.05, 4.69) is 0 Å². The first-order valence-corrected chi connectivity index (χ1v) is 3.36. The van der Waals surface area contributed by atoms with E-state index in [-0.39, 0.29) is 0 Å². The summed E-state index contributed by atoms with van der Waals surface area (Å²) in [4.78, 5) is 0. The smallest absolute Gasteiger partial charge is 0.393 e. The van der Waals surface area contributed by atoms with Crippen molar-refractivity contribution in [3.8, 4) is 0 Å². The molecule has 80 valence electrons. The lowest BCUT2D eigenvalue weighted by Crippen LogP contribution is -2.38. The molecule has 0 aromatic rings. The largest absolute Gasteiger partial charge is 0.400 e. The van der Waals surface area contributed by atoms with Crippen molar-refractivity contribution >= 4 is 0 Å². The van der Waals surface area contributed by atoms with Crippen LogP contribution < -0.4 is 0 Å². The molecule has 1 atom stereocenters. The fourth-order valence-electron chi connectivity index (χ4n) is 0.794. The maximum absolute atomic E-state index is 11.7. The molecule has 1 N–H and O–H groups in total. The van der Waals surface area contributed by atoms with E-state index in [1.165, 1.54) is 0 Å². The molecule has 0 aliphatic rings. The maximum Gasteiger partial charge on any atom is 0.400 e. The van der Waals surface area contributed by atoms with Crippen LogP contribution in [0.25, 0.3) is 0 Å². The van der Waals surface area contributed by atoms with E-state index in [4.69, 9.17) is 5.11 Å². The summed E-state index contributed by atoms with van der Waals surface area (Å²) in [6, 6.07) is 0. The second kappa shape index (κ2) is 3.73. The molecule has 0 radical (unpaired) electrons. The molecular weight excluding hydrogens is 202 g/mol. The Morgan fingerprint density at radius 3 is 1.38 bits per heavy atom. The SMILES string of the molecule is CC(O)CC(C(F)(F)F)C(F)(F)F. The second-order valence-corrected chi connectivity index (χ2v) is 2.72. The van der Waals surface area contributed by atoms with Crippen LogP contribution in [0.1, 0.15) is 13.3 Å². The highest BCUT2D eigenvalue weighted by Crippen LogP contribution is 2.41. The Balaban J connectivity index is 4.58. The van der Waals surface area contributed by atoms with E-state index in [0.717, 1.165) is 6.92 Å². The molecule has 13 heavy (non-hydrogen) atoms. The Morgan fingerprint density at radius 2 is 1.31 bits per heavy atom. The Labute approximate surface area is 70.4 Å². The molecule has 0 aromatic carbocycles. The summed E-state index contributed by atoms with van der Waals surface area (Å²) >= 11 is 0. The quantitative estimate of drug-likeness (QED) is 0.694. The number of rotatable bonds is 2. The summed E-state index contributed by atoms with van der Waals surface area (Å²) in [7, 11) is 0. The van der Waals surface area contributed by atoms with E-state index < -0.39 is 30.8 Å². The van der Waals surface area contributed by atoms with Crippen molar-refractivity contribution in [2.24, 2.45) is 5.92 Å². The fourth-order valence-corrected chi connectivity index (χ4v) is 0.794. The summed E-state index contributed by atoms with van der Waals surface area (Å²) < 4.78 is 70.5. The summed E-state index contributed by atoms with van der Waals surface area (Å²) in [6.07, 6.45) is -13.7. The van der Waals surface area contributed by atoms with Crippen LogP contribution in [0.3, 0.4) is 0 Å². The van der Waals surface area contributed by atoms with Gasteiger partial charge in [0.2, 0.25) is 0 Å².